The molecule has 0 aliphatic rings. The molecule has 3 nitrogen and oxygen atoms in total. The number of nitrogens with one attached hydrogen (secondary N) is 1. The van der Waals surface area contributed by atoms with Crippen molar-refractivity contribution in [2.24, 2.45) is 0 Å². The summed E-state index contributed by atoms with van der Waals surface area (Å²) in [6.07, 6.45) is 2.13. The highest BCUT2D eigenvalue weighted by atomic mass is 32.2. The number of thioether (sulfide) groups is 1. The number of carbonyl (C=O) groups excluding carboxylic acids is 1. The third kappa shape index (κ3) is 5.16. The summed E-state index contributed by atoms with van der Waals surface area (Å²) in [7, 11) is 0. The van der Waals surface area contributed by atoms with E-state index in [4.69, 9.17) is 5.11 Å². The van der Waals surface area contributed by atoms with E-state index in [2.05, 4.69) is 5.32 Å². The molecule has 0 bridgehead atoms. The van der Waals surface area contributed by atoms with Gasteiger partial charge in [0, 0.05) is 24.0 Å². The van der Waals surface area contributed by atoms with E-state index in [1.54, 1.807) is 11.8 Å². The highest BCUT2D eigenvalue weighted by Crippen LogP contribution is 2.12. The van der Waals surface area contributed by atoms with E-state index < -0.39 is 11.6 Å². The van der Waals surface area contributed by atoms with E-state index in [0.29, 0.717) is 12.2 Å². The average molecular weight is 289 g/mol. The van der Waals surface area contributed by atoms with Crippen LogP contribution in [0.15, 0.2) is 18.2 Å². The molecule has 0 radical (unpaired) electrons. The first kappa shape index (κ1) is 15.9. The monoisotopic (exact) mass is 289 g/mol. The molecular weight excluding hydrogens is 272 g/mol. The van der Waals surface area contributed by atoms with Gasteiger partial charge in [-0.15, -0.1) is 0 Å². The Hall–Kier alpha value is -1.14. The molecule has 1 rings (SSSR count). The van der Waals surface area contributed by atoms with Crippen molar-refractivity contribution in [1.82, 2.24) is 5.32 Å². The number of hydrogen-bond donors (Lipinski definition) is 2. The van der Waals surface area contributed by atoms with Crippen LogP contribution in [0.5, 0.6) is 0 Å². The smallest absolute Gasteiger partial charge is 0.224 e. The fourth-order valence-electron chi connectivity index (χ4n) is 1.69. The van der Waals surface area contributed by atoms with Gasteiger partial charge in [0.1, 0.15) is 0 Å². The Balaban J connectivity index is 2.61. The molecule has 0 heterocycles. The van der Waals surface area contributed by atoms with Crippen LogP contribution in [0.3, 0.4) is 0 Å². The topological polar surface area (TPSA) is 49.3 Å². The van der Waals surface area contributed by atoms with Crippen LogP contribution < -0.4 is 5.32 Å². The number of hydrogen-bond acceptors (Lipinski definition) is 3. The molecule has 106 valence electrons. The number of aliphatic hydroxyl groups excluding tert-OH is 1. The van der Waals surface area contributed by atoms with Gasteiger partial charge in [0.05, 0.1) is 6.42 Å². The molecule has 0 aromatic heterocycles. The van der Waals surface area contributed by atoms with Crippen molar-refractivity contribution in [3.05, 3.63) is 35.4 Å². The van der Waals surface area contributed by atoms with E-state index >= 15 is 0 Å². The van der Waals surface area contributed by atoms with E-state index in [1.165, 1.54) is 12.1 Å². The molecule has 0 aliphatic heterocycles. The minimum atomic E-state index is -0.985. The first-order valence-corrected chi connectivity index (χ1v) is 7.30. The van der Waals surface area contributed by atoms with Crippen LogP contribution in [0, 0.1) is 11.6 Å². The molecule has 0 saturated heterocycles. The number of amides is 1. The maximum absolute atomic E-state index is 13.4. The van der Waals surface area contributed by atoms with E-state index in [9.17, 15) is 13.6 Å². The number of rotatable bonds is 7. The Bertz CT molecular complexity index is 423. The van der Waals surface area contributed by atoms with Gasteiger partial charge in [-0.2, -0.15) is 11.8 Å². The maximum atomic E-state index is 13.4. The van der Waals surface area contributed by atoms with Gasteiger partial charge in [-0.05, 0) is 18.7 Å². The van der Waals surface area contributed by atoms with Crippen molar-refractivity contribution in [3.63, 3.8) is 0 Å². The van der Waals surface area contributed by atoms with Crippen LogP contribution in [0.2, 0.25) is 0 Å². The van der Waals surface area contributed by atoms with Gasteiger partial charge < -0.3 is 10.4 Å². The average Bonchev–Trinajstić information content (AvgIpc) is 2.35. The highest BCUT2D eigenvalue weighted by Gasteiger charge is 2.15. The van der Waals surface area contributed by atoms with E-state index in [1.807, 2.05) is 6.26 Å². The van der Waals surface area contributed by atoms with Crippen LogP contribution in [-0.4, -0.2) is 35.7 Å². The molecule has 0 aliphatic carbocycles. The Labute approximate surface area is 115 Å². The largest absolute Gasteiger partial charge is 0.396 e. The van der Waals surface area contributed by atoms with Gasteiger partial charge in [-0.25, -0.2) is 8.78 Å². The molecule has 1 aromatic rings. The van der Waals surface area contributed by atoms with Gasteiger partial charge in [-0.3, -0.25) is 4.79 Å². The molecule has 1 amide bonds. The van der Waals surface area contributed by atoms with Gasteiger partial charge >= 0.3 is 0 Å². The summed E-state index contributed by atoms with van der Waals surface area (Å²) in [6, 6.07) is 3.60. The van der Waals surface area contributed by atoms with Crippen molar-refractivity contribution in [1.29, 1.82) is 0 Å². The second-order valence-electron chi connectivity index (χ2n) is 4.12. The zero-order valence-corrected chi connectivity index (χ0v) is 11.5. The van der Waals surface area contributed by atoms with Gasteiger partial charge in [0.25, 0.3) is 0 Å². The lowest BCUT2D eigenvalue weighted by Crippen LogP contribution is -2.38. The summed E-state index contributed by atoms with van der Waals surface area (Å²) in [5.41, 5.74) is 0.0319. The van der Waals surface area contributed by atoms with Crippen LogP contribution in [0.25, 0.3) is 0 Å². The van der Waals surface area contributed by atoms with Crippen molar-refractivity contribution >= 4 is 17.7 Å². The summed E-state index contributed by atoms with van der Waals surface area (Å²) in [5, 5.41) is 11.6. The normalized spacial score (nSPS) is 12.2. The predicted molar refractivity (Wildman–Crippen MR) is 72.1 cm³/mol. The Morgan fingerprint density at radius 2 is 2.21 bits per heavy atom. The van der Waals surface area contributed by atoms with Crippen molar-refractivity contribution in [3.8, 4) is 0 Å². The molecule has 19 heavy (non-hydrogen) atoms. The lowest BCUT2D eigenvalue weighted by atomic mass is 10.1. The summed E-state index contributed by atoms with van der Waals surface area (Å²) in [4.78, 5) is 11.7. The van der Waals surface area contributed by atoms with Crippen LogP contribution in [0.4, 0.5) is 8.78 Å². The molecular formula is C13H17F2NO2S. The van der Waals surface area contributed by atoms with Crippen LogP contribution in [0.1, 0.15) is 12.0 Å². The Kier molecular flexibility index (Phi) is 6.80. The number of aliphatic hydroxyl groups is 1. The second kappa shape index (κ2) is 8.12. The van der Waals surface area contributed by atoms with Crippen molar-refractivity contribution < 1.29 is 18.7 Å². The third-order valence-corrected chi connectivity index (χ3v) is 3.33. The van der Waals surface area contributed by atoms with Crippen molar-refractivity contribution in [2.45, 2.75) is 18.9 Å². The zero-order chi connectivity index (χ0) is 14.3. The first-order chi connectivity index (χ1) is 9.08. The summed E-state index contributed by atoms with van der Waals surface area (Å²) in [5.74, 6) is -1.66. The summed E-state index contributed by atoms with van der Waals surface area (Å²) < 4.78 is 26.4. The maximum Gasteiger partial charge on any atom is 0.224 e. The second-order valence-corrected chi connectivity index (χ2v) is 5.03. The molecule has 0 fully saturated rings. The molecule has 0 spiro atoms. The molecule has 2 N–H and O–H groups in total. The van der Waals surface area contributed by atoms with Gasteiger partial charge in [-0.1, -0.05) is 12.1 Å². The molecule has 0 saturated carbocycles. The molecule has 1 unspecified atom stereocenters. The van der Waals surface area contributed by atoms with Crippen molar-refractivity contribution in [2.75, 3.05) is 18.6 Å². The number of benzene rings is 1. The standard InChI is InChI=1S/C13H17F2NO2S/c1-19-8-10(5-6-17)16-12(18)7-9-3-2-4-11(14)13(9)15/h2-4,10,17H,5-8H2,1H3,(H,16,18). The third-order valence-electron chi connectivity index (χ3n) is 2.59. The lowest BCUT2D eigenvalue weighted by molar-refractivity contribution is -0.121. The molecule has 6 heteroatoms. The fourth-order valence-corrected chi connectivity index (χ4v) is 2.34. The fraction of sp³-hybridized carbons (Fsp3) is 0.462. The Morgan fingerprint density at radius 3 is 2.84 bits per heavy atom. The van der Waals surface area contributed by atoms with E-state index in [-0.39, 0.29) is 30.5 Å². The predicted octanol–water partition coefficient (Wildman–Crippen LogP) is 1.74. The zero-order valence-electron chi connectivity index (χ0n) is 10.7. The summed E-state index contributed by atoms with van der Waals surface area (Å²) >= 11 is 1.54. The number of halogens is 2. The Morgan fingerprint density at radius 1 is 1.47 bits per heavy atom. The van der Waals surface area contributed by atoms with E-state index in [0.717, 1.165) is 6.07 Å². The molecule has 1 aromatic carbocycles. The van der Waals surface area contributed by atoms with Gasteiger partial charge in [0.2, 0.25) is 5.91 Å². The summed E-state index contributed by atoms with van der Waals surface area (Å²) in [6.45, 7) is -0.0279. The first-order valence-electron chi connectivity index (χ1n) is 5.90. The number of carbonyl (C=O) groups is 1. The minimum absolute atomic E-state index is 0.0279. The van der Waals surface area contributed by atoms with Crippen LogP contribution >= 0.6 is 11.8 Å². The lowest BCUT2D eigenvalue weighted by Gasteiger charge is -2.16. The highest BCUT2D eigenvalue weighted by molar-refractivity contribution is 7.98. The SMILES string of the molecule is CSCC(CCO)NC(=O)Cc1cccc(F)c1F. The minimum Gasteiger partial charge on any atom is -0.396 e. The van der Waals surface area contributed by atoms with Crippen LogP contribution in [-0.2, 0) is 11.2 Å². The molecule has 1 atom stereocenters. The quantitative estimate of drug-likeness (QED) is 0.804. The van der Waals surface area contributed by atoms with Gasteiger partial charge in [0.15, 0.2) is 11.6 Å².